The summed E-state index contributed by atoms with van der Waals surface area (Å²) in [6.07, 6.45) is 4.76. The van der Waals surface area contributed by atoms with E-state index in [1.807, 2.05) is 0 Å². The smallest absolute Gasteiger partial charge is 0.292 e. The first-order chi connectivity index (χ1) is 14.3. The SMILES string of the molecule is O=C(CN1C(=O)C(=O)N(C2CCCC2)C1=O)c1ccc(S(=O)(=O)N2CCCC2)cc1. The quantitative estimate of drug-likeness (QED) is 0.381. The molecule has 2 saturated heterocycles. The molecule has 0 N–H and O–H groups in total. The zero-order valence-corrected chi connectivity index (χ0v) is 17.3. The molecule has 0 atom stereocenters. The van der Waals surface area contributed by atoms with Gasteiger partial charge in [0.2, 0.25) is 10.0 Å². The molecule has 30 heavy (non-hydrogen) atoms. The number of carbonyl (C=O) groups excluding carboxylic acids is 4. The van der Waals surface area contributed by atoms with E-state index in [-0.39, 0.29) is 16.5 Å². The normalized spacial score (nSPS) is 21.3. The van der Waals surface area contributed by atoms with Crippen LogP contribution in [0.3, 0.4) is 0 Å². The molecule has 2 aliphatic heterocycles. The molecule has 1 aliphatic carbocycles. The van der Waals surface area contributed by atoms with E-state index in [9.17, 15) is 27.6 Å². The summed E-state index contributed by atoms with van der Waals surface area (Å²) in [5.74, 6) is -2.41. The fourth-order valence-corrected chi connectivity index (χ4v) is 5.79. The van der Waals surface area contributed by atoms with Gasteiger partial charge < -0.3 is 0 Å². The maximum absolute atomic E-state index is 12.6. The largest absolute Gasteiger partial charge is 0.334 e. The molecule has 1 saturated carbocycles. The number of imide groups is 2. The fraction of sp³-hybridized carbons (Fsp3) is 0.500. The predicted molar refractivity (Wildman–Crippen MR) is 105 cm³/mol. The monoisotopic (exact) mass is 433 g/mol. The van der Waals surface area contributed by atoms with E-state index in [0.717, 1.165) is 30.6 Å². The van der Waals surface area contributed by atoms with E-state index in [0.29, 0.717) is 30.8 Å². The van der Waals surface area contributed by atoms with E-state index >= 15 is 0 Å². The van der Waals surface area contributed by atoms with Crippen molar-refractivity contribution in [2.75, 3.05) is 19.6 Å². The third-order valence-electron chi connectivity index (χ3n) is 5.95. The van der Waals surface area contributed by atoms with E-state index < -0.39 is 40.2 Å². The first-order valence-electron chi connectivity index (χ1n) is 10.1. The summed E-state index contributed by atoms with van der Waals surface area (Å²) in [4.78, 5) is 51.4. The molecule has 0 radical (unpaired) electrons. The van der Waals surface area contributed by atoms with Gasteiger partial charge in [-0.1, -0.05) is 12.8 Å². The van der Waals surface area contributed by atoms with Gasteiger partial charge in [0.15, 0.2) is 5.78 Å². The van der Waals surface area contributed by atoms with E-state index in [4.69, 9.17) is 0 Å². The topological polar surface area (TPSA) is 112 Å². The van der Waals surface area contributed by atoms with Crippen LogP contribution in [0.2, 0.25) is 0 Å². The van der Waals surface area contributed by atoms with Crippen molar-refractivity contribution >= 4 is 33.7 Å². The average Bonchev–Trinajstić information content (AvgIpc) is 3.48. The number of nitrogens with zero attached hydrogens (tertiary/aromatic N) is 3. The Morgan fingerprint density at radius 1 is 0.900 bits per heavy atom. The molecule has 0 unspecified atom stereocenters. The summed E-state index contributed by atoms with van der Waals surface area (Å²) in [5, 5.41) is 0. The summed E-state index contributed by atoms with van der Waals surface area (Å²) < 4.78 is 26.6. The maximum atomic E-state index is 12.6. The van der Waals surface area contributed by atoms with Gasteiger partial charge in [0, 0.05) is 24.7 Å². The van der Waals surface area contributed by atoms with Gasteiger partial charge in [0.1, 0.15) is 0 Å². The number of Topliss-reactive ketones (excluding diaryl/α,β-unsaturated/α-hetero) is 1. The molecule has 1 aromatic carbocycles. The minimum atomic E-state index is -3.59. The Morgan fingerprint density at radius 2 is 1.50 bits per heavy atom. The molecule has 160 valence electrons. The van der Waals surface area contributed by atoms with Gasteiger partial charge in [-0.15, -0.1) is 0 Å². The summed E-state index contributed by atoms with van der Waals surface area (Å²) in [6.45, 7) is 0.409. The molecule has 3 fully saturated rings. The minimum Gasteiger partial charge on any atom is -0.292 e. The number of benzene rings is 1. The highest BCUT2D eigenvalue weighted by atomic mass is 32.2. The Kier molecular flexibility index (Phi) is 5.46. The van der Waals surface area contributed by atoms with Crippen LogP contribution in [-0.2, 0) is 19.6 Å². The lowest BCUT2D eigenvalue weighted by Crippen LogP contribution is -2.41. The fourth-order valence-electron chi connectivity index (χ4n) is 4.27. The number of urea groups is 1. The van der Waals surface area contributed by atoms with E-state index in [2.05, 4.69) is 0 Å². The molecular weight excluding hydrogens is 410 g/mol. The van der Waals surface area contributed by atoms with Crippen LogP contribution in [0.25, 0.3) is 0 Å². The molecule has 0 aromatic heterocycles. The number of hydrogen-bond donors (Lipinski definition) is 0. The van der Waals surface area contributed by atoms with E-state index in [1.54, 1.807) is 0 Å². The molecule has 0 bridgehead atoms. The Balaban J connectivity index is 1.46. The van der Waals surface area contributed by atoms with Crippen molar-refractivity contribution in [2.45, 2.75) is 49.5 Å². The van der Waals surface area contributed by atoms with Gasteiger partial charge in [-0.3, -0.25) is 19.3 Å². The number of ketones is 1. The Hall–Kier alpha value is -2.59. The Morgan fingerprint density at radius 3 is 2.10 bits per heavy atom. The van der Waals surface area contributed by atoms with Crippen molar-refractivity contribution < 1.29 is 27.6 Å². The number of hydrogen-bond acceptors (Lipinski definition) is 6. The third kappa shape index (κ3) is 3.54. The summed E-state index contributed by atoms with van der Waals surface area (Å²) in [5.41, 5.74) is 0.169. The molecule has 3 aliphatic rings. The third-order valence-corrected chi connectivity index (χ3v) is 7.87. The summed E-state index contributed by atoms with van der Waals surface area (Å²) in [6, 6.07) is 4.40. The van der Waals surface area contributed by atoms with Crippen molar-refractivity contribution in [3.8, 4) is 0 Å². The van der Waals surface area contributed by atoms with Crippen LogP contribution in [0.15, 0.2) is 29.2 Å². The summed E-state index contributed by atoms with van der Waals surface area (Å²) >= 11 is 0. The van der Waals surface area contributed by atoms with Crippen LogP contribution in [0.4, 0.5) is 4.79 Å². The second-order valence-electron chi connectivity index (χ2n) is 7.85. The standard InChI is InChI=1S/C20H23N3O6S/c24-17(13-22-18(25)19(26)23(20(22)27)15-5-1-2-6-15)14-7-9-16(10-8-14)30(28,29)21-11-3-4-12-21/h7-10,15H,1-6,11-13H2. The van der Waals surface area contributed by atoms with Gasteiger partial charge in [0.05, 0.1) is 11.4 Å². The van der Waals surface area contributed by atoms with Crippen molar-refractivity contribution in [3.63, 3.8) is 0 Å². The van der Waals surface area contributed by atoms with Crippen LogP contribution in [0, 0.1) is 0 Å². The second kappa shape index (κ2) is 7.92. The van der Waals surface area contributed by atoms with Crippen molar-refractivity contribution in [3.05, 3.63) is 29.8 Å². The van der Waals surface area contributed by atoms with Crippen molar-refractivity contribution in [1.29, 1.82) is 0 Å². The lowest BCUT2D eigenvalue weighted by molar-refractivity contribution is -0.143. The second-order valence-corrected chi connectivity index (χ2v) is 9.78. The molecule has 1 aromatic rings. The van der Waals surface area contributed by atoms with Gasteiger partial charge in [0.25, 0.3) is 0 Å². The highest BCUT2D eigenvalue weighted by Gasteiger charge is 2.48. The zero-order chi connectivity index (χ0) is 21.5. The highest BCUT2D eigenvalue weighted by molar-refractivity contribution is 7.89. The maximum Gasteiger partial charge on any atom is 0.334 e. The van der Waals surface area contributed by atoms with Crippen LogP contribution in [0.1, 0.15) is 48.9 Å². The number of carbonyl (C=O) groups is 4. The van der Waals surface area contributed by atoms with Crippen LogP contribution in [-0.4, -0.2) is 71.8 Å². The average molecular weight is 433 g/mol. The Bertz CT molecular complexity index is 992. The molecule has 4 rings (SSSR count). The van der Waals surface area contributed by atoms with Crippen molar-refractivity contribution in [2.24, 2.45) is 0 Å². The van der Waals surface area contributed by atoms with Gasteiger partial charge in [-0.25, -0.2) is 18.1 Å². The highest BCUT2D eigenvalue weighted by Crippen LogP contribution is 2.28. The Labute approximate surface area is 174 Å². The molecular formula is C20H23N3O6S. The van der Waals surface area contributed by atoms with Crippen molar-refractivity contribution in [1.82, 2.24) is 14.1 Å². The minimum absolute atomic E-state index is 0.0943. The molecule has 2 heterocycles. The van der Waals surface area contributed by atoms with Crippen LogP contribution in [0.5, 0.6) is 0 Å². The van der Waals surface area contributed by atoms with Gasteiger partial charge in [-0.05, 0) is 49.9 Å². The number of rotatable bonds is 6. The van der Waals surface area contributed by atoms with Gasteiger partial charge >= 0.3 is 17.8 Å². The lowest BCUT2D eigenvalue weighted by Gasteiger charge is -2.20. The molecule has 0 spiro atoms. The lowest BCUT2D eigenvalue weighted by atomic mass is 10.1. The summed E-state index contributed by atoms with van der Waals surface area (Å²) in [7, 11) is -3.59. The van der Waals surface area contributed by atoms with Gasteiger partial charge in [-0.2, -0.15) is 4.31 Å². The molecule has 9 nitrogen and oxygen atoms in total. The van der Waals surface area contributed by atoms with Crippen LogP contribution < -0.4 is 0 Å². The first-order valence-corrected chi connectivity index (χ1v) is 11.6. The predicted octanol–water partition coefficient (Wildman–Crippen LogP) is 1.39. The van der Waals surface area contributed by atoms with E-state index in [1.165, 1.54) is 28.6 Å². The van der Waals surface area contributed by atoms with Crippen LogP contribution >= 0.6 is 0 Å². The number of amides is 4. The molecule has 4 amide bonds. The zero-order valence-electron chi connectivity index (χ0n) is 16.5. The molecule has 10 heteroatoms. The number of sulfonamides is 1. The first kappa shape index (κ1) is 20.7.